The molecule has 0 aliphatic carbocycles. The van der Waals surface area contributed by atoms with Gasteiger partial charge in [-0.2, -0.15) is 11.8 Å². The lowest BCUT2D eigenvalue weighted by Crippen LogP contribution is -2.55. The van der Waals surface area contributed by atoms with Crippen LogP contribution >= 0.6 is 11.8 Å². The Hall–Kier alpha value is -0.710. The highest BCUT2D eigenvalue weighted by Gasteiger charge is 2.39. The molecular weight excluding hydrogens is 248 g/mol. The molecule has 4 nitrogen and oxygen atoms in total. The van der Waals surface area contributed by atoms with E-state index >= 15 is 0 Å². The standard InChI is InChI=1S/C13H22N2O2S/c1-3-13(2)12(17)15(7-6-11(16)14-13)9-10-5-4-8-18-10/h10H,3-9H2,1-2H3,(H,14,16). The highest BCUT2D eigenvalue weighted by atomic mass is 32.2. The van der Waals surface area contributed by atoms with E-state index in [0.29, 0.717) is 24.6 Å². The number of carbonyl (C=O) groups excluding carboxylic acids is 2. The van der Waals surface area contributed by atoms with Crippen molar-refractivity contribution in [2.24, 2.45) is 0 Å². The van der Waals surface area contributed by atoms with E-state index in [1.165, 1.54) is 18.6 Å². The number of hydrogen-bond donors (Lipinski definition) is 1. The molecule has 2 rings (SSSR count). The molecule has 2 aliphatic heterocycles. The molecule has 0 aromatic carbocycles. The average molecular weight is 270 g/mol. The molecule has 0 saturated carbocycles. The molecule has 5 heteroatoms. The molecule has 0 aromatic heterocycles. The predicted molar refractivity (Wildman–Crippen MR) is 73.5 cm³/mol. The van der Waals surface area contributed by atoms with Gasteiger partial charge in [-0.15, -0.1) is 0 Å². The number of rotatable bonds is 3. The van der Waals surface area contributed by atoms with Crippen molar-refractivity contribution in [3.8, 4) is 0 Å². The van der Waals surface area contributed by atoms with E-state index < -0.39 is 5.54 Å². The normalized spacial score (nSPS) is 33.4. The van der Waals surface area contributed by atoms with E-state index in [-0.39, 0.29) is 11.8 Å². The van der Waals surface area contributed by atoms with Crippen molar-refractivity contribution in [2.75, 3.05) is 18.8 Å². The second-order valence-corrected chi connectivity index (χ2v) is 6.78. The molecule has 2 heterocycles. The van der Waals surface area contributed by atoms with Gasteiger partial charge in [0.05, 0.1) is 0 Å². The van der Waals surface area contributed by atoms with Gasteiger partial charge in [0.1, 0.15) is 5.54 Å². The lowest BCUT2D eigenvalue weighted by Gasteiger charge is -2.32. The van der Waals surface area contributed by atoms with Crippen molar-refractivity contribution in [3.05, 3.63) is 0 Å². The van der Waals surface area contributed by atoms with Gasteiger partial charge in [0.2, 0.25) is 11.8 Å². The van der Waals surface area contributed by atoms with Crippen molar-refractivity contribution in [1.29, 1.82) is 0 Å². The van der Waals surface area contributed by atoms with Gasteiger partial charge in [-0.3, -0.25) is 9.59 Å². The summed E-state index contributed by atoms with van der Waals surface area (Å²) in [5.41, 5.74) is -0.711. The fourth-order valence-corrected chi connectivity index (χ4v) is 3.84. The summed E-state index contributed by atoms with van der Waals surface area (Å²) in [7, 11) is 0. The maximum atomic E-state index is 12.5. The second-order valence-electron chi connectivity index (χ2n) is 5.37. The maximum Gasteiger partial charge on any atom is 0.248 e. The Morgan fingerprint density at radius 3 is 2.89 bits per heavy atom. The molecule has 2 atom stereocenters. The molecule has 0 bridgehead atoms. The number of hydrogen-bond acceptors (Lipinski definition) is 3. The zero-order chi connectivity index (χ0) is 13.2. The molecular formula is C13H22N2O2S. The molecule has 2 amide bonds. The molecule has 0 radical (unpaired) electrons. The van der Waals surface area contributed by atoms with E-state index in [0.717, 1.165) is 6.54 Å². The first-order valence-corrected chi connectivity index (χ1v) is 7.82. The third-order valence-corrected chi connectivity index (χ3v) is 5.32. The predicted octanol–water partition coefficient (Wildman–Crippen LogP) is 1.40. The summed E-state index contributed by atoms with van der Waals surface area (Å²) in [5.74, 6) is 1.28. The first kappa shape index (κ1) is 13.7. The van der Waals surface area contributed by atoms with Crippen LogP contribution in [0.5, 0.6) is 0 Å². The number of thioether (sulfide) groups is 1. The third-order valence-electron chi connectivity index (χ3n) is 3.94. The molecule has 2 aliphatic rings. The Bertz CT molecular complexity index is 342. The van der Waals surface area contributed by atoms with Crippen molar-refractivity contribution in [1.82, 2.24) is 10.2 Å². The first-order valence-electron chi connectivity index (χ1n) is 6.77. The summed E-state index contributed by atoms with van der Waals surface area (Å²) in [5, 5.41) is 3.43. The minimum absolute atomic E-state index is 0.00530. The van der Waals surface area contributed by atoms with Crippen molar-refractivity contribution in [2.45, 2.75) is 50.3 Å². The van der Waals surface area contributed by atoms with Crippen molar-refractivity contribution >= 4 is 23.6 Å². The van der Waals surface area contributed by atoms with Crippen LogP contribution in [0.25, 0.3) is 0 Å². The lowest BCUT2D eigenvalue weighted by molar-refractivity contribution is -0.138. The summed E-state index contributed by atoms with van der Waals surface area (Å²) in [6, 6.07) is 0. The topological polar surface area (TPSA) is 49.4 Å². The minimum Gasteiger partial charge on any atom is -0.342 e. The zero-order valence-corrected chi connectivity index (χ0v) is 12.0. The van der Waals surface area contributed by atoms with E-state index in [2.05, 4.69) is 5.32 Å². The molecule has 2 saturated heterocycles. The maximum absolute atomic E-state index is 12.5. The lowest BCUT2D eigenvalue weighted by atomic mass is 9.97. The van der Waals surface area contributed by atoms with Gasteiger partial charge in [-0.05, 0) is 31.9 Å². The first-order chi connectivity index (χ1) is 8.55. The van der Waals surface area contributed by atoms with Crippen LogP contribution < -0.4 is 5.32 Å². The van der Waals surface area contributed by atoms with E-state index in [9.17, 15) is 9.59 Å². The summed E-state index contributed by atoms with van der Waals surface area (Å²) in [6.07, 6.45) is 3.52. The van der Waals surface area contributed by atoms with E-state index in [1.807, 2.05) is 30.5 Å². The van der Waals surface area contributed by atoms with Gasteiger partial charge in [0.15, 0.2) is 0 Å². The molecule has 18 heavy (non-hydrogen) atoms. The third kappa shape index (κ3) is 2.82. The molecule has 1 N–H and O–H groups in total. The van der Waals surface area contributed by atoms with Gasteiger partial charge in [0.25, 0.3) is 0 Å². The van der Waals surface area contributed by atoms with Gasteiger partial charge in [-0.25, -0.2) is 0 Å². The fraction of sp³-hybridized carbons (Fsp3) is 0.846. The Morgan fingerprint density at radius 1 is 1.50 bits per heavy atom. The summed E-state index contributed by atoms with van der Waals surface area (Å²) in [6.45, 7) is 5.16. The van der Waals surface area contributed by atoms with E-state index in [4.69, 9.17) is 0 Å². The van der Waals surface area contributed by atoms with E-state index in [1.54, 1.807) is 0 Å². The van der Waals surface area contributed by atoms with Gasteiger partial charge in [-0.1, -0.05) is 6.92 Å². The Balaban J connectivity index is 2.08. The highest BCUT2D eigenvalue weighted by Crippen LogP contribution is 2.28. The Labute approximate surface area is 113 Å². The van der Waals surface area contributed by atoms with Gasteiger partial charge in [0, 0.05) is 24.8 Å². The number of nitrogens with zero attached hydrogens (tertiary/aromatic N) is 1. The minimum atomic E-state index is -0.711. The van der Waals surface area contributed by atoms with Gasteiger partial charge < -0.3 is 10.2 Å². The van der Waals surface area contributed by atoms with Crippen LogP contribution in [0.3, 0.4) is 0 Å². The summed E-state index contributed by atoms with van der Waals surface area (Å²) in [4.78, 5) is 26.1. The highest BCUT2D eigenvalue weighted by molar-refractivity contribution is 8.00. The second kappa shape index (κ2) is 5.51. The summed E-state index contributed by atoms with van der Waals surface area (Å²) < 4.78 is 0. The van der Waals surface area contributed by atoms with Crippen molar-refractivity contribution in [3.63, 3.8) is 0 Å². The quantitative estimate of drug-likeness (QED) is 0.843. The van der Waals surface area contributed by atoms with Crippen LogP contribution in [0.2, 0.25) is 0 Å². The molecule has 0 aromatic rings. The number of nitrogens with one attached hydrogen (secondary N) is 1. The zero-order valence-electron chi connectivity index (χ0n) is 11.2. The van der Waals surface area contributed by atoms with Crippen LogP contribution in [0.1, 0.15) is 39.5 Å². The molecule has 102 valence electrons. The van der Waals surface area contributed by atoms with Crippen LogP contribution in [-0.2, 0) is 9.59 Å². The number of amides is 2. The SMILES string of the molecule is CCC1(C)NC(=O)CCN(CC2CCCS2)C1=O. The number of carbonyl (C=O) groups is 2. The molecule has 0 spiro atoms. The Kier molecular flexibility index (Phi) is 4.20. The van der Waals surface area contributed by atoms with Crippen molar-refractivity contribution < 1.29 is 9.59 Å². The van der Waals surface area contributed by atoms with Crippen LogP contribution in [-0.4, -0.2) is 46.3 Å². The average Bonchev–Trinajstić information content (AvgIpc) is 2.82. The molecule has 2 unspecified atom stereocenters. The van der Waals surface area contributed by atoms with Gasteiger partial charge >= 0.3 is 0 Å². The van der Waals surface area contributed by atoms with Crippen LogP contribution in [0, 0.1) is 0 Å². The molecule has 2 fully saturated rings. The van der Waals surface area contributed by atoms with Crippen LogP contribution in [0.15, 0.2) is 0 Å². The largest absolute Gasteiger partial charge is 0.342 e. The monoisotopic (exact) mass is 270 g/mol. The fourth-order valence-electron chi connectivity index (χ4n) is 2.56. The van der Waals surface area contributed by atoms with Crippen LogP contribution in [0.4, 0.5) is 0 Å². The summed E-state index contributed by atoms with van der Waals surface area (Å²) >= 11 is 1.95. The Morgan fingerprint density at radius 2 is 2.28 bits per heavy atom. The smallest absolute Gasteiger partial charge is 0.248 e.